The van der Waals surface area contributed by atoms with E-state index in [4.69, 9.17) is 5.73 Å². The van der Waals surface area contributed by atoms with Gasteiger partial charge in [-0.15, -0.1) is 0 Å². The van der Waals surface area contributed by atoms with Gasteiger partial charge in [-0.25, -0.2) is 0 Å². The molecular weight excluding hydrogens is 224 g/mol. The Hall–Kier alpha value is -2.29. The zero-order valence-electron chi connectivity index (χ0n) is 10.5. The maximum Gasteiger partial charge on any atom is 0.197 e. The predicted molar refractivity (Wildman–Crippen MR) is 82.1 cm³/mol. The van der Waals surface area contributed by atoms with Gasteiger partial charge in [0.25, 0.3) is 0 Å². The third kappa shape index (κ3) is 1.95. The quantitative estimate of drug-likeness (QED) is 0.467. The molecule has 3 nitrogen and oxygen atoms in total. The summed E-state index contributed by atoms with van der Waals surface area (Å²) in [6.07, 6.45) is 0. The highest BCUT2D eigenvalue weighted by Crippen LogP contribution is 2.16. The number of H-pyrrole nitrogens is 1. The van der Waals surface area contributed by atoms with Gasteiger partial charge in [0.15, 0.2) is 5.43 Å². The Morgan fingerprint density at radius 3 is 2.44 bits per heavy atom. The number of pyridine rings is 1. The average molecular weight is 244 g/mol. The number of nitrogens with two attached hydrogens (primary N) is 1. The molecule has 0 amide bonds. The van der Waals surface area contributed by atoms with Gasteiger partial charge in [-0.2, -0.15) is 0 Å². The Bertz CT molecular complexity index is 754. The van der Waals surface area contributed by atoms with E-state index in [2.05, 4.69) is 4.98 Å². The van der Waals surface area contributed by atoms with Crippen LogP contribution < -0.4 is 11.2 Å². The number of nitrogen functional groups attached to an aromatic ring is 1. The molecule has 18 heavy (non-hydrogen) atoms. The van der Waals surface area contributed by atoms with Crippen molar-refractivity contribution in [3.05, 3.63) is 52.7 Å². The first kappa shape index (κ1) is 12.2. The van der Waals surface area contributed by atoms with Gasteiger partial charge in [0.2, 0.25) is 0 Å². The molecule has 3 heteroatoms. The van der Waals surface area contributed by atoms with Crippen molar-refractivity contribution in [2.24, 2.45) is 0 Å². The summed E-state index contributed by atoms with van der Waals surface area (Å²) in [5.74, 6) is 0. The van der Waals surface area contributed by atoms with Crippen LogP contribution in [0.1, 0.15) is 16.7 Å². The Morgan fingerprint density at radius 2 is 1.67 bits per heavy atom. The molecular formula is C15H20N2O. The lowest BCUT2D eigenvalue weighted by atomic mass is 10.1. The van der Waals surface area contributed by atoms with Crippen LogP contribution in [-0.4, -0.2) is 4.98 Å². The first-order chi connectivity index (χ1) is 8.75. The lowest BCUT2D eigenvalue weighted by Gasteiger charge is -2.02. The molecule has 0 atom stereocenters. The number of hydrogen-bond donors (Lipinski definition) is 2. The first-order valence-corrected chi connectivity index (χ1v) is 6.06. The fourth-order valence-corrected chi connectivity index (χ4v) is 1.94. The lowest BCUT2D eigenvalue weighted by Crippen LogP contribution is -2.04. The van der Waals surface area contributed by atoms with E-state index in [1.165, 1.54) is 0 Å². The van der Waals surface area contributed by atoms with Crippen LogP contribution in [0.15, 0.2) is 47.3 Å². The fourth-order valence-electron chi connectivity index (χ4n) is 1.94. The number of fused-ring (bicyclic) bond motifs is 2. The van der Waals surface area contributed by atoms with Crippen LogP contribution in [-0.2, 0) is 0 Å². The first-order valence-electron chi connectivity index (χ1n) is 6.06. The Kier molecular flexibility index (Phi) is 3.33. The number of hydrogen-bond acceptors (Lipinski definition) is 2. The van der Waals surface area contributed by atoms with Crippen LogP contribution in [0.4, 0.5) is 5.69 Å². The number of aromatic nitrogens is 1. The molecule has 0 radical (unpaired) electrons. The fraction of sp³-hybridized carbons (Fsp3) is 0.133. The van der Waals surface area contributed by atoms with Crippen LogP contribution >= 0.6 is 0 Å². The molecule has 1 aromatic heterocycles. The van der Waals surface area contributed by atoms with Crippen molar-refractivity contribution in [2.45, 2.75) is 13.8 Å². The highest BCUT2D eigenvalue weighted by molar-refractivity contribution is 5.93. The van der Waals surface area contributed by atoms with Gasteiger partial charge in [0.05, 0.1) is 0 Å². The summed E-state index contributed by atoms with van der Waals surface area (Å²) in [4.78, 5) is 15.4. The van der Waals surface area contributed by atoms with E-state index in [-0.39, 0.29) is 8.28 Å². The molecule has 0 aliphatic rings. The van der Waals surface area contributed by atoms with E-state index in [0.717, 1.165) is 11.0 Å². The predicted octanol–water partition coefficient (Wildman–Crippen LogP) is 3.78. The largest absolute Gasteiger partial charge is 0.399 e. The van der Waals surface area contributed by atoms with Crippen molar-refractivity contribution in [1.29, 1.82) is 0 Å². The molecule has 3 rings (SSSR count). The van der Waals surface area contributed by atoms with Gasteiger partial charge in [0, 0.05) is 30.3 Å². The minimum absolute atomic E-state index is 0. The molecule has 0 unspecified atom stereocenters. The molecule has 1 heterocycles. The van der Waals surface area contributed by atoms with Crippen molar-refractivity contribution >= 4 is 27.5 Å². The van der Waals surface area contributed by atoms with Gasteiger partial charge in [-0.3, -0.25) is 4.79 Å². The van der Waals surface area contributed by atoms with E-state index in [1.54, 1.807) is 12.1 Å². The van der Waals surface area contributed by atoms with Gasteiger partial charge in [-0.1, -0.05) is 26.0 Å². The van der Waals surface area contributed by atoms with Crippen molar-refractivity contribution in [1.82, 2.24) is 4.98 Å². The Labute approximate surface area is 108 Å². The lowest BCUT2D eigenvalue weighted by molar-refractivity contribution is 1.48. The summed E-state index contributed by atoms with van der Waals surface area (Å²) in [5.41, 5.74) is 7.98. The third-order valence-corrected chi connectivity index (χ3v) is 2.73. The normalized spacial score (nSPS) is 10.1. The summed E-state index contributed by atoms with van der Waals surface area (Å²) in [7, 11) is 0. The van der Waals surface area contributed by atoms with Crippen LogP contribution in [0.3, 0.4) is 0 Å². The maximum atomic E-state index is 12.2. The number of benzene rings is 2. The number of anilines is 1. The molecule has 0 aliphatic heterocycles. The summed E-state index contributed by atoms with van der Waals surface area (Å²) < 4.78 is 0. The molecule has 0 spiro atoms. The SMILES string of the molecule is CC.Nc1ccc2[nH]c3ccccc3c(=O)c2c1.[HH].[HH]. The van der Waals surface area contributed by atoms with Crippen LogP contribution in [0, 0.1) is 0 Å². The molecule has 3 N–H and O–H groups in total. The Morgan fingerprint density at radius 1 is 1.00 bits per heavy atom. The molecule has 0 saturated heterocycles. The van der Waals surface area contributed by atoms with Gasteiger partial charge in [-0.05, 0) is 30.3 Å². The number of para-hydroxylation sites is 1. The van der Waals surface area contributed by atoms with Gasteiger partial charge >= 0.3 is 0 Å². The van der Waals surface area contributed by atoms with Crippen LogP contribution in [0.2, 0.25) is 0 Å². The highest BCUT2D eigenvalue weighted by atomic mass is 16.1. The van der Waals surface area contributed by atoms with Gasteiger partial charge < -0.3 is 10.7 Å². The molecule has 3 aromatic rings. The number of nitrogens with one attached hydrogen (secondary N) is 1. The van der Waals surface area contributed by atoms with E-state index < -0.39 is 0 Å². The minimum atomic E-state index is 0. The molecule has 0 bridgehead atoms. The van der Waals surface area contributed by atoms with Crippen molar-refractivity contribution in [2.75, 3.05) is 5.73 Å². The molecule has 2 aromatic carbocycles. The molecule has 0 saturated carbocycles. The van der Waals surface area contributed by atoms with E-state index >= 15 is 0 Å². The monoisotopic (exact) mass is 244 g/mol. The number of aromatic amines is 1. The highest BCUT2D eigenvalue weighted by Gasteiger charge is 2.04. The second kappa shape index (κ2) is 4.92. The van der Waals surface area contributed by atoms with E-state index in [9.17, 15) is 4.79 Å². The zero-order chi connectivity index (χ0) is 13.1. The topological polar surface area (TPSA) is 58.9 Å². The Balaban J connectivity index is 0.000000866. The van der Waals surface area contributed by atoms with Gasteiger partial charge in [0.1, 0.15) is 0 Å². The summed E-state index contributed by atoms with van der Waals surface area (Å²) >= 11 is 0. The third-order valence-electron chi connectivity index (χ3n) is 2.73. The van der Waals surface area contributed by atoms with Crippen LogP contribution in [0.25, 0.3) is 21.8 Å². The van der Waals surface area contributed by atoms with E-state index in [0.29, 0.717) is 16.5 Å². The zero-order valence-corrected chi connectivity index (χ0v) is 10.5. The van der Waals surface area contributed by atoms with Crippen molar-refractivity contribution in [3.8, 4) is 0 Å². The second-order valence-corrected chi connectivity index (χ2v) is 3.80. The molecule has 0 fully saturated rings. The summed E-state index contributed by atoms with van der Waals surface area (Å²) in [6, 6.07) is 12.8. The molecule has 96 valence electrons. The second-order valence-electron chi connectivity index (χ2n) is 3.80. The standard InChI is InChI=1S/C13H10N2O.C2H6.2H2/c14-8-5-6-12-10(7-8)13(16)9-3-1-2-4-11(9)15-12;1-2;;/h1-7H,14H2,(H,15,16);1-2H3;2*1H. The molecule has 0 aliphatic carbocycles. The summed E-state index contributed by atoms with van der Waals surface area (Å²) in [6.45, 7) is 4.00. The smallest absolute Gasteiger partial charge is 0.197 e. The van der Waals surface area contributed by atoms with E-state index in [1.807, 2.05) is 44.2 Å². The van der Waals surface area contributed by atoms with Crippen molar-refractivity contribution < 1.29 is 2.85 Å². The van der Waals surface area contributed by atoms with Crippen molar-refractivity contribution in [3.63, 3.8) is 0 Å². The number of rotatable bonds is 0. The maximum absolute atomic E-state index is 12.2. The van der Waals surface area contributed by atoms with Crippen LogP contribution in [0.5, 0.6) is 0 Å². The average Bonchev–Trinajstić information content (AvgIpc) is 2.42. The summed E-state index contributed by atoms with van der Waals surface area (Å²) in [5, 5.41) is 1.33. The minimum Gasteiger partial charge on any atom is -0.399 e.